The predicted octanol–water partition coefficient (Wildman–Crippen LogP) is 2.47. The van der Waals surface area contributed by atoms with Crippen molar-refractivity contribution in [1.29, 1.82) is 0 Å². The van der Waals surface area contributed by atoms with Crippen LogP contribution in [0, 0.1) is 0 Å². The molecule has 1 heterocycles. The average molecular weight is 397 g/mol. The van der Waals surface area contributed by atoms with E-state index in [1.54, 1.807) is 7.05 Å². The highest BCUT2D eigenvalue weighted by Gasteiger charge is 2.30. The van der Waals surface area contributed by atoms with Crippen molar-refractivity contribution in [1.82, 2.24) is 10.2 Å². The minimum absolute atomic E-state index is 0. The summed E-state index contributed by atoms with van der Waals surface area (Å²) in [6, 6.07) is 4.03. The Balaban J connectivity index is 0.00000338. The summed E-state index contributed by atoms with van der Waals surface area (Å²) in [5.41, 5.74) is -0.759. The molecule has 26 heavy (non-hydrogen) atoms. The standard InChI is InChI=1S/C17H23F3N2O3.ClH/c1-22(16(24)15-4-2-3-9-21-15)10-13(23)11-25-14-7-5-12(6-8-14)17(18,19)20;/h5-8,13,15,21,23H,2-4,9-11H2,1H3;1H. The largest absolute Gasteiger partial charge is 0.491 e. The second kappa shape index (κ2) is 9.99. The first-order valence-corrected chi connectivity index (χ1v) is 8.24. The lowest BCUT2D eigenvalue weighted by Crippen LogP contribution is -2.49. The number of alkyl halides is 3. The lowest BCUT2D eigenvalue weighted by atomic mass is 10.0. The van der Waals surface area contributed by atoms with Crippen molar-refractivity contribution in [2.45, 2.75) is 37.6 Å². The minimum atomic E-state index is -4.39. The molecule has 2 unspecified atom stereocenters. The molecule has 1 aromatic carbocycles. The van der Waals surface area contributed by atoms with E-state index >= 15 is 0 Å². The van der Waals surface area contributed by atoms with E-state index in [4.69, 9.17) is 4.74 Å². The average Bonchev–Trinajstić information content (AvgIpc) is 2.59. The van der Waals surface area contributed by atoms with E-state index in [0.717, 1.165) is 37.9 Å². The fraction of sp³-hybridized carbons (Fsp3) is 0.588. The number of benzene rings is 1. The molecule has 1 fully saturated rings. The summed E-state index contributed by atoms with van der Waals surface area (Å²) in [6.45, 7) is 0.794. The van der Waals surface area contributed by atoms with Crippen LogP contribution in [0.5, 0.6) is 5.75 Å². The van der Waals surface area contributed by atoms with Gasteiger partial charge in [0.15, 0.2) is 0 Å². The van der Waals surface area contributed by atoms with Gasteiger partial charge in [-0.25, -0.2) is 0 Å². The van der Waals surface area contributed by atoms with Gasteiger partial charge in [0.05, 0.1) is 11.6 Å². The Hall–Kier alpha value is -1.51. The summed E-state index contributed by atoms with van der Waals surface area (Å²) in [4.78, 5) is 13.7. The maximum atomic E-state index is 12.5. The van der Waals surface area contributed by atoms with Gasteiger partial charge in [-0.1, -0.05) is 6.42 Å². The Kier molecular flexibility index (Phi) is 8.66. The fourth-order valence-corrected chi connectivity index (χ4v) is 2.72. The quantitative estimate of drug-likeness (QED) is 0.775. The highest BCUT2D eigenvalue weighted by Crippen LogP contribution is 2.30. The predicted molar refractivity (Wildman–Crippen MR) is 93.5 cm³/mol. The minimum Gasteiger partial charge on any atom is -0.491 e. The molecular formula is C17H24ClF3N2O3. The maximum Gasteiger partial charge on any atom is 0.416 e. The van der Waals surface area contributed by atoms with Gasteiger partial charge in [-0.2, -0.15) is 13.2 Å². The van der Waals surface area contributed by atoms with E-state index in [9.17, 15) is 23.1 Å². The van der Waals surface area contributed by atoms with Crippen LogP contribution in [-0.4, -0.2) is 54.8 Å². The molecule has 2 atom stereocenters. The van der Waals surface area contributed by atoms with Crippen LogP contribution >= 0.6 is 12.4 Å². The first-order chi connectivity index (χ1) is 11.8. The van der Waals surface area contributed by atoms with Crippen molar-refractivity contribution in [2.24, 2.45) is 0 Å². The molecule has 1 saturated heterocycles. The van der Waals surface area contributed by atoms with Gasteiger partial charge in [-0.15, -0.1) is 12.4 Å². The van der Waals surface area contributed by atoms with Crippen molar-refractivity contribution in [3.8, 4) is 5.75 Å². The maximum absolute atomic E-state index is 12.5. The van der Waals surface area contributed by atoms with E-state index in [1.807, 2.05) is 0 Å². The number of amides is 1. The van der Waals surface area contributed by atoms with Crippen LogP contribution in [0.15, 0.2) is 24.3 Å². The van der Waals surface area contributed by atoms with Gasteiger partial charge in [-0.3, -0.25) is 4.79 Å². The van der Waals surface area contributed by atoms with E-state index in [1.165, 1.54) is 17.0 Å². The molecule has 1 aliphatic heterocycles. The normalized spacial score (nSPS) is 18.6. The Labute approximate surface area is 156 Å². The molecule has 9 heteroatoms. The first-order valence-electron chi connectivity index (χ1n) is 8.24. The number of halogens is 4. The Morgan fingerprint density at radius 3 is 2.54 bits per heavy atom. The number of ether oxygens (including phenoxy) is 1. The Morgan fingerprint density at radius 1 is 1.35 bits per heavy atom. The van der Waals surface area contributed by atoms with Crippen LogP contribution < -0.4 is 10.1 Å². The van der Waals surface area contributed by atoms with E-state index in [2.05, 4.69) is 5.32 Å². The highest BCUT2D eigenvalue weighted by molar-refractivity contribution is 5.85. The molecular weight excluding hydrogens is 373 g/mol. The molecule has 1 aromatic rings. The molecule has 0 saturated carbocycles. The molecule has 2 N–H and O–H groups in total. The Morgan fingerprint density at radius 2 is 2.00 bits per heavy atom. The third kappa shape index (κ3) is 6.66. The van der Waals surface area contributed by atoms with E-state index < -0.39 is 17.8 Å². The van der Waals surface area contributed by atoms with Crippen molar-refractivity contribution in [2.75, 3.05) is 26.7 Å². The van der Waals surface area contributed by atoms with Gasteiger partial charge in [0, 0.05) is 13.6 Å². The number of nitrogens with zero attached hydrogens (tertiary/aromatic N) is 1. The number of piperidine rings is 1. The van der Waals surface area contributed by atoms with Gasteiger partial charge in [-0.05, 0) is 43.7 Å². The van der Waals surface area contributed by atoms with Crippen LogP contribution in [0.2, 0.25) is 0 Å². The molecule has 0 radical (unpaired) electrons. The summed E-state index contributed by atoms with van der Waals surface area (Å²) in [6.07, 6.45) is -2.50. The summed E-state index contributed by atoms with van der Waals surface area (Å²) in [7, 11) is 1.61. The van der Waals surface area contributed by atoms with Gasteiger partial charge in [0.1, 0.15) is 18.5 Å². The zero-order chi connectivity index (χ0) is 18.4. The number of aliphatic hydroxyl groups excluding tert-OH is 1. The molecule has 0 aliphatic carbocycles. The molecule has 5 nitrogen and oxygen atoms in total. The van der Waals surface area contributed by atoms with Crippen molar-refractivity contribution in [3.05, 3.63) is 29.8 Å². The summed E-state index contributed by atoms with van der Waals surface area (Å²) < 4.78 is 42.7. The number of aliphatic hydroxyl groups is 1. The number of likely N-dealkylation sites (N-methyl/N-ethyl adjacent to an activating group) is 1. The Bertz CT molecular complexity index is 563. The zero-order valence-corrected chi connectivity index (χ0v) is 15.3. The molecule has 0 bridgehead atoms. The van der Waals surface area contributed by atoms with Crippen LogP contribution in [0.3, 0.4) is 0 Å². The summed E-state index contributed by atoms with van der Waals surface area (Å²) in [5.74, 6) is 0.156. The monoisotopic (exact) mass is 396 g/mol. The van der Waals surface area contributed by atoms with Crippen LogP contribution in [0.4, 0.5) is 13.2 Å². The number of hydrogen-bond acceptors (Lipinski definition) is 4. The van der Waals surface area contributed by atoms with Crippen LogP contribution in [0.1, 0.15) is 24.8 Å². The van der Waals surface area contributed by atoms with Crippen LogP contribution in [0.25, 0.3) is 0 Å². The van der Waals surface area contributed by atoms with E-state index in [0.29, 0.717) is 0 Å². The summed E-state index contributed by atoms with van der Waals surface area (Å²) in [5, 5.41) is 13.1. The molecule has 0 aromatic heterocycles. The second-order valence-electron chi connectivity index (χ2n) is 6.21. The lowest BCUT2D eigenvalue weighted by Gasteiger charge is -2.28. The number of nitrogens with one attached hydrogen (secondary N) is 1. The van der Waals surface area contributed by atoms with E-state index in [-0.39, 0.29) is 43.3 Å². The van der Waals surface area contributed by atoms with Gasteiger partial charge >= 0.3 is 6.18 Å². The molecule has 0 spiro atoms. The number of carbonyl (C=O) groups is 1. The fourth-order valence-electron chi connectivity index (χ4n) is 2.72. The van der Waals surface area contributed by atoms with Crippen LogP contribution in [-0.2, 0) is 11.0 Å². The summed E-state index contributed by atoms with van der Waals surface area (Å²) >= 11 is 0. The van der Waals surface area contributed by atoms with Crippen molar-refractivity contribution in [3.63, 3.8) is 0 Å². The molecule has 1 amide bonds. The molecule has 148 valence electrons. The van der Waals surface area contributed by atoms with Crippen molar-refractivity contribution < 1.29 is 27.8 Å². The number of hydrogen-bond donors (Lipinski definition) is 2. The first kappa shape index (κ1) is 22.5. The highest BCUT2D eigenvalue weighted by atomic mass is 35.5. The number of carbonyl (C=O) groups excluding carboxylic acids is 1. The lowest BCUT2D eigenvalue weighted by molar-refractivity contribution is -0.137. The molecule has 2 rings (SSSR count). The third-order valence-electron chi connectivity index (χ3n) is 4.09. The zero-order valence-electron chi connectivity index (χ0n) is 14.5. The van der Waals surface area contributed by atoms with Crippen molar-refractivity contribution >= 4 is 18.3 Å². The smallest absolute Gasteiger partial charge is 0.416 e. The SMILES string of the molecule is CN(CC(O)COc1ccc(C(F)(F)F)cc1)C(=O)C1CCCCN1.Cl. The van der Waals surface area contributed by atoms with Gasteiger partial charge < -0.3 is 20.1 Å². The molecule has 1 aliphatic rings. The van der Waals surface area contributed by atoms with Gasteiger partial charge in [0.25, 0.3) is 0 Å². The topological polar surface area (TPSA) is 61.8 Å². The van der Waals surface area contributed by atoms with Gasteiger partial charge in [0.2, 0.25) is 5.91 Å². The second-order valence-corrected chi connectivity index (χ2v) is 6.21. The third-order valence-corrected chi connectivity index (χ3v) is 4.09. The number of rotatable bonds is 6.